The molecule has 134 valence electrons. The van der Waals surface area contributed by atoms with Crippen molar-refractivity contribution in [2.45, 2.75) is 45.6 Å². The number of nitrogens with zero attached hydrogens (tertiary/aromatic N) is 1. The summed E-state index contributed by atoms with van der Waals surface area (Å²) in [6.45, 7) is 5.42. The molecule has 0 aliphatic rings. The third-order valence-corrected chi connectivity index (χ3v) is 4.60. The molecule has 0 bridgehead atoms. The predicted molar refractivity (Wildman–Crippen MR) is 99.7 cm³/mol. The van der Waals surface area contributed by atoms with E-state index >= 15 is 0 Å². The zero-order valence-corrected chi connectivity index (χ0v) is 15.5. The minimum atomic E-state index is 0.0359. The number of hydrogen-bond acceptors (Lipinski definition) is 2. The molecule has 0 aliphatic carbocycles. The van der Waals surface area contributed by atoms with Crippen LogP contribution in [-0.2, 0) is 17.8 Å². The molecule has 2 aromatic rings. The number of carbonyl (C=O) groups is 1. The fraction of sp³-hybridized carbons (Fsp3) is 0.429. The summed E-state index contributed by atoms with van der Waals surface area (Å²) in [6.07, 6.45) is 7.10. The molecule has 4 heteroatoms. The highest BCUT2D eigenvalue weighted by molar-refractivity contribution is 5.74. The van der Waals surface area contributed by atoms with Crippen LogP contribution in [0, 0.1) is 0 Å². The quantitative estimate of drug-likeness (QED) is 0.712. The van der Waals surface area contributed by atoms with Crippen molar-refractivity contribution in [3.8, 4) is 5.75 Å². The highest BCUT2D eigenvalue weighted by Gasteiger charge is 2.11. The van der Waals surface area contributed by atoms with Crippen LogP contribution in [0.5, 0.6) is 5.75 Å². The van der Waals surface area contributed by atoms with Crippen LogP contribution in [0.2, 0.25) is 0 Å². The van der Waals surface area contributed by atoms with Gasteiger partial charge in [0.25, 0.3) is 5.91 Å². The Morgan fingerprint density at radius 3 is 2.28 bits per heavy atom. The molecular weight excluding hydrogens is 312 g/mol. The monoisotopic (exact) mass is 341 g/mol. The maximum absolute atomic E-state index is 12.1. The van der Waals surface area contributed by atoms with Crippen LogP contribution in [0.3, 0.4) is 0 Å². The van der Waals surface area contributed by atoms with Gasteiger partial charge in [0.1, 0.15) is 5.75 Å². The molecule has 1 aromatic carbocycles. The highest BCUT2D eigenvalue weighted by atomic mass is 16.5. The van der Waals surface area contributed by atoms with E-state index in [0.717, 1.165) is 25.0 Å². The minimum Gasteiger partial charge on any atom is -0.497 e. The second kappa shape index (κ2) is 9.82. The van der Waals surface area contributed by atoms with Crippen LogP contribution >= 0.6 is 0 Å². The maximum atomic E-state index is 12.1. The van der Waals surface area contributed by atoms with Gasteiger partial charge in [0.2, 0.25) is 6.54 Å². The lowest BCUT2D eigenvalue weighted by molar-refractivity contribution is -0.684. The first kappa shape index (κ1) is 19.0. The van der Waals surface area contributed by atoms with Gasteiger partial charge < -0.3 is 10.1 Å². The summed E-state index contributed by atoms with van der Waals surface area (Å²) in [7, 11) is 1.66. The van der Waals surface area contributed by atoms with Gasteiger partial charge in [-0.2, -0.15) is 4.57 Å². The van der Waals surface area contributed by atoms with Gasteiger partial charge in [0.05, 0.1) is 7.11 Å². The molecule has 0 saturated heterocycles. The number of aromatic nitrogens is 1. The van der Waals surface area contributed by atoms with E-state index in [0.29, 0.717) is 19.0 Å². The molecule has 0 aliphatic heterocycles. The summed E-state index contributed by atoms with van der Waals surface area (Å²) in [5.74, 6) is 1.49. The Morgan fingerprint density at radius 2 is 1.72 bits per heavy atom. The Labute approximate surface area is 150 Å². The number of nitrogens with one attached hydrogen (secondary N) is 1. The summed E-state index contributed by atoms with van der Waals surface area (Å²) in [4.78, 5) is 12.1. The van der Waals surface area contributed by atoms with E-state index in [1.165, 1.54) is 11.1 Å². The standard InChI is InChI=1S/C21H28N2O2/c1-4-18(5-2)19-11-14-23(15-12-19)16-21(24)22-13-10-17-6-8-20(25-3)9-7-17/h6-9,11-12,14-15,18H,4-5,10,13,16H2,1-3H3/p+1. The van der Waals surface area contributed by atoms with Crippen molar-refractivity contribution in [3.05, 3.63) is 59.9 Å². The van der Waals surface area contributed by atoms with Crippen molar-refractivity contribution in [2.24, 2.45) is 0 Å². The number of amides is 1. The topological polar surface area (TPSA) is 42.2 Å². The van der Waals surface area contributed by atoms with Gasteiger partial charge in [-0.05, 0) is 48.4 Å². The van der Waals surface area contributed by atoms with Gasteiger partial charge in [-0.1, -0.05) is 26.0 Å². The van der Waals surface area contributed by atoms with E-state index < -0.39 is 0 Å². The van der Waals surface area contributed by atoms with Crippen molar-refractivity contribution >= 4 is 5.91 Å². The second-order valence-electron chi connectivity index (χ2n) is 6.27. The first-order valence-corrected chi connectivity index (χ1v) is 9.04. The van der Waals surface area contributed by atoms with Crippen molar-refractivity contribution in [1.82, 2.24) is 5.32 Å². The average Bonchev–Trinajstić information content (AvgIpc) is 2.64. The largest absolute Gasteiger partial charge is 0.497 e. The van der Waals surface area contributed by atoms with Crippen LogP contribution in [0.1, 0.15) is 43.7 Å². The van der Waals surface area contributed by atoms with Crippen LogP contribution in [0.25, 0.3) is 0 Å². The molecule has 0 atom stereocenters. The highest BCUT2D eigenvalue weighted by Crippen LogP contribution is 2.21. The molecule has 1 amide bonds. The molecule has 4 nitrogen and oxygen atoms in total. The fourth-order valence-corrected chi connectivity index (χ4v) is 2.97. The van der Waals surface area contributed by atoms with Crippen LogP contribution in [0.15, 0.2) is 48.8 Å². The summed E-state index contributed by atoms with van der Waals surface area (Å²) in [5.41, 5.74) is 2.53. The van der Waals surface area contributed by atoms with Crippen LogP contribution in [-0.4, -0.2) is 19.6 Å². The molecular formula is C21H29N2O2+. The normalized spacial score (nSPS) is 10.7. The lowest BCUT2D eigenvalue weighted by atomic mass is 9.95. The lowest BCUT2D eigenvalue weighted by Gasteiger charge is -2.11. The van der Waals surface area contributed by atoms with Crippen LogP contribution < -0.4 is 14.6 Å². The molecule has 2 rings (SSSR count). The number of rotatable bonds is 9. The molecule has 1 heterocycles. The zero-order chi connectivity index (χ0) is 18.1. The minimum absolute atomic E-state index is 0.0359. The van der Waals surface area contributed by atoms with Gasteiger partial charge >= 0.3 is 0 Å². The average molecular weight is 341 g/mol. The number of carbonyl (C=O) groups excluding carboxylic acids is 1. The number of hydrogen-bond donors (Lipinski definition) is 1. The molecule has 0 fully saturated rings. The molecule has 1 N–H and O–H groups in total. The van der Waals surface area contributed by atoms with Crippen molar-refractivity contribution in [1.29, 1.82) is 0 Å². The van der Waals surface area contributed by atoms with Gasteiger partial charge in [0.15, 0.2) is 12.4 Å². The summed E-state index contributed by atoms with van der Waals surface area (Å²) < 4.78 is 7.07. The number of methoxy groups -OCH3 is 1. The Kier molecular flexibility index (Phi) is 7.45. The van der Waals surface area contributed by atoms with Gasteiger partial charge in [0, 0.05) is 18.7 Å². The fourth-order valence-electron chi connectivity index (χ4n) is 2.97. The van der Waals surface area contributed by atoms with E-state index in [1.54, 1.807) is 7.11 Å². The molecule has 0 unspecified atom stereocenters. The van der Waals surface area contributed by atoms with E-state index in [4.69, 9.17) is 4.74 Å². The molecule has 0 radical (unpaired) electrons. The van der Waals surface area contributed by atoms with E-state index in [2.05, 4.69) is 31.3 Å². The van der Waals surface area contributed by atoms with E-state index in [9.17, 15) is 4.79 Å². The summed E-state index contributed by atoms with van der Waals surface area (Å²) in [6, 6.07) is 12.2. The maximum Gasteiger partial charge on any atom is 0.285 e. The first-order valence-electron chi connectivity index (χ1n) is 9.04. The van der Waals surface area contributed by atoms with Crippen molar-refractivity contribution in [2.75, 3.05) is 13.7 Å². The Bertz CT molecular complexity index is 647. The Hall–Kier alpha value is -2.36. The predicted octanol–water partition coefficient (Wildman–Crippen LogP) is 3.25. The van der Waals surface area contributed by atoms with E-state index in [1.807, 2.05) is 41.2 Å². The van der Waals surface area contributed by atoms with E-state index in [-0.39, 0.29) is 5.91 Å². The second-order valence-corrected chi connectivity index (χ2v) is 6.27. The molecule has 0 spiro atoms. The third kappa shape index (κ3) is 5.89. The smallest absolute Gasteiger partial charge is 0.285 e. The lowest BCUT2D eigenvalue weighted by Crippen LogP contribution is -2.42. The Balaban J connectivity index is 1.77. The number of benzene rings is 1. The van der Waals surface area contributed by atoms with Crippen LogP contribution in [0.4, 0.5) is 0 Å². The first-order chi connectivity index (χ1) is 12.2. The molecule has 0 saturated carbocycles. The zero-order valence-electron chi connectivity index (χ0n) is 15.5. The number of ether oxygens (including phenoxy) is 1. The SMILES string of the molecule is CCC(CC)c1cc[n+](CC(=O)NCCc2ccc(OC)cc2)cc1. The summed E-state index contributed by atoms with van der Waals surface area (Å²) in [5, 5.41) is 2.98. The van der Waals surface area contributed by atoms with Gasteiger partial charge in [-0.15, -0.1) is 0 Å². The van der Waals surface area contributed by atoms with Crippen molar-refractivity contribution in [3.63, 3.8) is 0 Å². The number of pyridine rings is 1. The molecule has 1 aromatic heterocycles. The van der Waals surface area contributed by atoms with Gasteiger partial charge in [-0.3, -0.25) is 4.79 Å². The van der Waals surface area contributed by atoms with Crippen molar-refractivity contribution < 1.29 is 14.1 Å². The molecule has 25 heavy (non-hydrogen) atoms. The Morgan fingerprint density at radius 1 is 1.08 bits per heavy atom. The summed E-state index contributed by atoms with van der Waals surface area (Å²) >= 11 is 0. The third-order valence-electron chi connectivity index (χ3n) is 4.60. The van der Waals surface area contributed by atoms with Gasteiger partial charge in [-0.25, -0.2) is 0 Å².